The number of unbranched alkanes of at least 4 members (excludes halogenated alkanes) is 2. The Bertz CT molecular complexity index is 1360. The van der Waals surface area contributed by atoms with Crippen molar-refractivity contribution < 1.29 is 10.2 Å². The van der Waals surface area contributed by atoms with Gasteiger partial charge in [-0.15, -0.1) is 0 Å². The van der Waals surface area contributed by atoms with Crippen molar-refractivity contribution in [3.8, 4) is 11.5 Å². The third-order valence-corrected chi connectivity index (χ3v) is 14.0. The standard InChI is InChI=1S/C44H72N2O2P2/c1-11-13-19-35(20-14-12-2)37-27-33(3)43(47)39(29-37)31-45-41-23-15-16-24-42(41)46-32-40-30-38(28-34(4)44(40)48)36(21-17-25-49(5,6)7)22-18-26-50(8,9)10/h27-32,35-36,41-42H,11-26H2,1-10H3/p+2. The van der Waals surface area contributed by atoms with E-state index in [4.69, 9.17) is 9.98 Å². The van der Waals surface area contributed by atoms with Crippen LogP contribution in [0.5, 0.6) is 11.5 Å². The predicted octanol–water partition coefficient (Wildman–Crippen LogP) is 12.5. The Labute approximate surface area is 309 Å². The van der Waals surface area contributed by atoms with Crippen molar-refractivity contribution >= 4 is 27.0 Å². The molecule has 2 N–H and O–H groups in total. The Morgan fingerprint density at radius 3 is 1.32 bits per heavy atom. The zero-order valence-corrected chi connectivity index (χ0v) is 35.6. The van der Waals surface area contributed by atoms with Gasteiger partial charge in [-0.1, -0.05) is 64.5 Å². The van der Waals surface area contributed by atoms with Crippen LogP contribution in [-0.2, 0) is 0 Å². The molecular weight excluding hydrogens is 650 g/mol. The van der Waals surface area contributed by atoms with Gasteiger partial charge in [-0.25, -0.2) is 0 Å². The summed E-state index contributed by atoms with van der Waals surface area (Å²) in [6.45, 7) is 23.3. The largest absolute Gasteiger partial charge is 0.507 e. The summed E-state index contributed by atoms with van der Waals surface area (Å²) in [5.41, 5.74) is 6.26. The van der Waals surface area contributed by atoms with E-state index in [0.717, 1.165) is 47.9 Å². The monoisotopic (exact) mass is 725 g/mol. The highest BCUT2D eigenvalue weighted by Crippen LogP contribution is 2.49. The lowest BCUT2D eigenvalue weighted by molar-refractivity contribution is 0.390. The summed E-state index contributed by atoms with van der Waals surface area (Å²) in [5.74, 6) is 1.74. The van der Waals surface area contributed by atoms with Crippen LogP contribution < -0.4 is 0 Å². The van der Waals surface area contributed by atoms with Gasteiger partial charge in [0.25, 0.3) is 0 Å². The van der Waals surface area contributed by atoms with Crippen LogP contribution in [0.4, 0.5) is 0 Å². The summed E-state index contributed by atoms with van der Waals surface area (Å²) in [4.78, 5) is 10.2. The van der Waals surface area contributed by atoms with Gasteiger partial charge in [0, 0.05) is 78.1 Å². The molecule has 0 amide bonds. The molecule has 1 saturated carbocycles. The molecule has 2 aromatic rings. The Balaban J connectivity index is 1.86. The number of aryl methyl sites for hydroxylation is 2. The molecule has 0 saturated heterocycles. The average molecular weight is 725 g/mol. The highest BCUT2D eigenvalue weighted by molar-refractivity contribution is 7.74. The third kappa shape index (κ3) is 14.3. The molecule has 1 fully saturated rings. The lowest BCUT2D eigenvalue weighted by Crippen LogP contribution is -2.27. The number of rotatable bonds is 20. The minimum absolute atomic E-state index is 0.0685. The fourth-order valence-corrected chi connectivity index (χ4v) is 9.87. The molecule has 0 spiro atoms. The molecular formula is C44H74N2O2P2+2. The SMILES string of the molecule is CCCCC(CCCC)c1cc(C)c(O)c(C=NC2CCCCC2N=Cc2cc(C(CCC[P+](C)(C)C)CCC[P+](C)(C)C)cc(C)c2O)c1. The number of hydrogen-bond donors (Lipinski definition) is 2. The van der Waals surface area contributed by atoms with Gasteiger partial charge in [0.15, 0.2) is 0 Å². The topological polar surface area (TPSA) is 65.2 Å². The summed E-state index contributed by atoms with van der Waals surface area (Å²) in [5, 5.41) is 22.3. The summed E-state index contributed by atoms with van der Waals surface area (Å²) in [6, 6.07) is 9.00. The quantitative estimate of drug-likeness (QED) is 0.105. The van der Waals surface area contributed by atoms with Crippen LogP contribution in [0.3, 0.4) is 0 Å². The second kappa shape index (κ2) is 20.5. The zero-order chi connectivity index (χ0) is 36.9. The molecule has 0 aliphatic heterocycles. The summed E-state index contributed by atoms with van der Waals surface area (Å²) in [7, 11) is -1.61. The number of hydrogen-bond acceptors (Lipinski definition) is 4. The van der Waals surface area contributed by atoms with E-state index in [9.17, 15) is 10.2 Å². The molecule has 4 nitrogen and oxygen atoms in total. The number of phenolic OH excluding ortho intramolecular Hbond substituents is 2. The van der Waals surface area contributed by atoms with E-state index in [2.05, 4.69) is 78.1 Å². The van der Waals surface area contributed by atoms with Crippen LogP contribution in [0.15, 0.2) is 34.3 Å². The van der Waals surface area contributed by atoms with Crippen LogP contribution in [-0.4, -0.2) is 87.0 Å². The maximum atomic E-state index is 11.2. The number of aromatic hydroxyl groups is 2. The molecule has 0 heterocycles. The smallest absolute Gasteiger partial charge is 0.127 e. The molecule has 2 unspecified atom stereocenters. The predicted molar refractivity (Wildman–Crippen MR) is 229 cm³/mol. The van der Waals surface area contributed by atoms with Crippen molar-refractivity contribution in [3.63, 3.8) is 0 Å². The lowest BCUT2D eigenvalue weighted by atomic mass is 9.87. The van der Waals surface area contributed by atoms with Crippen LogP contribution in [0, 0.1) is 13.8 Å². The van der Waals surface area contributed by atoms with Gasteiger partial charge < -0.3 is 10.2 Å². The molecule has 280 valence electrons. The normalized spacial score (nSPS) is 17.6. The molecule has 6 heteroatoms. The number of aliphatic imine (C=N–C) groups is 2. The van der Waals surface area contributed by atoms with Gasteiger partial charge >= 0.3 is 0 Å². The Kier molecular flexibility index (Phi) is 17.5. The van der Waals surface area contributed by atoms with E-state index < -0.39 is 14.5 Å². The van der Waals surface area contributed by atoms with Crippen LogP contribution in [0.2, 0.25) is 0 Å². The van der Waals surface area contributed by atoms with E-state index in [1.54, 1.807) is 0 Å². The van der Waals surface area contributed by atoms with Gasteiger partial charge in [-0.2, -0.15) is 0 Å². The second-order valence-electron chi connectivity index (χ2n) is 17.5. The number of phenols is 2. The van der Waals surface area contributed by atoms with E-state index in [0.29, 0.717) is 23.3 Å². The highest BCUT2D eigenvalue weighted by atomic mass is 31.2. The Morgan fingerprint density at radius 1 is 0.620 bits per heavy atom. The first kappa shape index (κ1) is 42.7. The summed E-state index contributed by atoms with van der Waals surface area (Å²) >= 11 is 0. The van der Waals surface area contributed by atoms with Crippen LogP contribution >= 0.6 is 14.5 Å². The van der Waals surface area contributed by atoms with Gasteiger partial charge in [0.2, 0.25) is 0 Å². The Morgan fingerprint density at radius 2 is 0.980 bits per heavy atom. The van der Waals surface area contributed by atoms with E-state index in [1.807, 2.05) is 26.3 Å². The number of benzene rings is 2. The molecule has 3 rings (SSSR count). The first-order valence-corrected chi connectivity index (χ1v) is 26.6. The fraction of sp³-hybridized carbons (Fsp3) is 0.682. The van der Waals surface area contributed by atoms with Gasteiger partial charge in [0.05, 0.1) is 24.4 Å². The average Bonchev–Trinajstić information content (AvgIpc) is 3.04. The molecule has 1 aliphatic rings. The van der Waals surface area contributed by atoms with Crippen molar-refractivity contribution in [2.45, 2.75) is 142 Å². The van der Waals surface area contributed by atoms with Crippen molar-refractivity contribution in [1.82, 2.24) is 0 Å². The highest BCUT2D eigenvalue weighted by Gasteiger charge is 2.25. The zero-order valence-electron chi connectivity index (χ0n) is 33.8. The first-order chi connectivity index (χ1) is 23.6. The number of nitrogens with zero attached hydrogens (tertiary/aromatic N) is 2. The summed E-state index contributed by atoms with van der Waals surface area (Å²) < 4.78 is 0. The van der Waals surface area contributed by atoms with Gasteiger partial charge in [-0.05, 0) is 111 Å². The van der Waals surface area contributed by atoms with Crippen molar-refractivity contribution in [3.05, 3.63) is 57.6 Å². The van der Waals surface area contributed by atoms with Gasteiger partial charge in [-0.3, -0.25) is 9.98 Å². The maximum Gasteiger partial charge on any atom is 0.127 e. The van der Waals surface area contributed by atoms with E-state index in [1.165, 1.54) is 87.7 Å². The van der Waals surface area contributed by atoms with Crippen LogP contribution in [0.25, 0.3) is 0 Å². The molecule has 1 aliphatic carbocycles. The lowest BCUT2D eigenvalue weighted by Gasteiger charge is -2.26. The molecule has 0 radical (unpaired) electrons. The minimum Gasteiger partial charge on any atom is -0.507 e. The molecule has 0 aromatic heterocycles. The molecule has 0 bridgehead atoms. The fourth-order valence-electron chi connectivity index (χ4n) is 7.61. The van der Waals surface area contributed by atoms with Crippen molar-refractivity contribution in [2.24, 2.45) is 9.98 Å². The minimum atomic E-state index is -0.803. The molecule has 2 atom stereocenters. The van der Waals surface area contributed by atoms with Crippen molar-refractivity contribution in [2.75, 3.05) is 52.3 Å². The maximum absolute atomic E-state index is 11.2. The van der Waals surface area contributed by atoms with Gasteiger partial charge in [0.1, 0.15) is 11.5 Å². The van der Waals surface area contributed by atoms with E-state index in [-0.39, 0.29) is 12.1 Å². The van der Waals surface area contributed by atoms with E-state index >= 15 is 0 Å². The first-order valence-electron chi connectivity index (χ1n) is 20.0. The third-order valence-electron chi connectivity index (χ3n) is 10.7. The summed E-state index contributed by atoms with van der Waals surface area (Å²) in [6.07, 6.45) is 23.0. The van der Waals surface area contributed by atoms with Crippen LogP contribution in [0.1, 0.15) is 149 Å². The Hall–Kier alpha value is -1.76. The second-order valence-corrected chi connectivity index (χ2v) is 27.6. The van der Waals surface area contributed by atoms with Crippen molar-refractivity contribution in [1.29, 1.82) is 0 Å². The molecule has 50 heavy (non-hydrogen) atoms. The molecule has 2 aromatic carbocycles.